The molecule has 2 heterocycles. The third-order valence-corrected chi connectivity index (χ3v) is 7.07. The third kappa shape index (κ3) is 5.38. The number of aromatic nitrogens is 1. The van der Waals surface area contributed by atoms with Crippen LogP contribution in [0.1, 0.15) is 49.8 Å². The summed E-state index contributed by atoms with van der Waals surface area (Å²) in [4.78, 5) is 45.8. The lowest BCUT2D eigenvalue weighted by Crippen LogP contribution is -2.21. The van der Waals surface area contributed by atoms with Crippen molar-refractivity contribution in [3.63, 3.8) is 0 Å². The van der Waals surface area contributed by atoms with Crippen molar-refractivity contribution in [1.82, 2.24) is 9.88 Å². The number of rotatable bonds is 8. The van der Waals surface area contributed by atoms with Gasteiger partial charge in [0.05, 0.1) is 40.4 Å². The van der Waals surface area contributed by atoms with Crippen molar-refractivity contribution in [2.24, 2.45) is 0 Å². The smallest absolute Gasteiger partial charge is 0.341 e. The Balaban J connectivity index is 1.78. The summed E-state index contributed by atoms with van der Waals surface area (Å²) < 4.78 is 10.8. The van der Waals surface area contributed by atoms with Gasteiger partial charge in [0.25, 0.3) is 11.8 Å². The molecule has 0 spiro atoms. The van der Waals surface area contributed by atoms with Gasteiger partial charge in [-0.15, -0.1) is 11.3 Å². The molecule has 4 aromatic rings. The molecule has 2 aromatic carbocycles. The molecule has 0 aliphatic carbocycles. The van der Waals surface area contributed by atoms with E-state index in [2.05, 4.69) is 5.32 Å². The number of hydrogen-bond donors (Lipinski definition) is 1. The van der Waals surface area contributed by atoms with E-state index < -0.39 is 11.9 Å². The highest BCUT2D eigenvalue weighted by atomic mass is 32.1. The van der Waals surface area contributed by atoms with Gasteiger partial charge in [0.15, 0.2) is 0 Å². The van der Waals surface area contributed by atoms with Crippen molar-refractivity contribution >= 4 is 45.0 Å². The molecule has 0 radical (unpaired) electrons. The Morgan fingerprint density at radius 3 is 2.37 bits per heavy atom. The number of carbonyl (C=O) groups excluding carboxylic acids is 3. The Morgan fingerprint density at radius 1 is 1.00 bits per heavy atom. The minimum Gasteiger partial charge on any atom is -0.494 e. The summed E-state index contributed by atoms with van der Waals surface area (Å²) in [7, 11) is 3.27. The van der Waals surface area contributed by atoms with Crippen molar-refractivity contribution in [3.05, 3.63) is 76.2 Å². The number of esters is 1. The van der Waals surface area contributed by atoms with Crippen molar-refractivity contribution in [2.45, 2.75) is 20.8 Å². The highest BCUT2D eigenvalue weighted by molar-refractivity contribution is 7.18. The summed E-state index contributed by atoms with van der Waals surface area (Å²) in [6.07, 6.45) is 0. The normalized spacial score (nSPS) is 10.8. The first-order chi connectivity index (χ1) is 18.2. The Labute approximate surface area is 225 Å². The van der Waals surface area contributed by atoms with E-state index in [0.29, 0.717) is 39.2 Å². The van der Waals surface area contributed by atoms with Crippen LogP contribution < -0.4 is 10.1 Å². The Bertz CT molecular complexity index is 1510. The number of hydrogen-bond acceptors (Lipinski definition) is 7. The van der Waals surface area contributed by atoms with Crippen LogP contribution in [0.15, 0.2) is 54.6 Å². The summed E-state index contributed by atoms with van der Waals surface area (Å²) >= 11 is 1.06. The number of fused-ring (bicyclic) bond motifs is 1. The SMILES string of the molecule is CCOC(=O)c1c(NC(=O)c2cc(-c3ccc(OCC)cc3)nc3ccccc23)sc(C(=O)N(C)C)c1C. The predicted molar refractivity (Wildman–Crippen MR) is 149 cm³/mol. The van der Waals surface area contributed by atoms with Gasteiger partial charge in [0.2, 0.25) is 0 Å². The van der Waals surface area contributed by atoms with E-state index in [0.717, 1.165) is 22.6 Å². The van der Waals surface area contributed by atoms with Gasteiger partial charge in [0, 0.05) is 25.0 Å². The molecule has 2 amide bonds. The summed E-state index contributed by atoms with van der Waals surface area (Å²) in [5, 5.41) is 3.80. The van der Waals surface area contributed by atoms with E-state index in [1.807, 2.05) is 55.5 Å². The molecule has 0 aliphatic heterocycles. The van der Waals surface area contributed by atoms with Crippen LogP contribution >= 0.6 is 11.3 Å². The highest BCUT2D eigenvalue weighted by Gasteiger charge is 2.28. The van der Waals surface area contributed by atoms with Gasteiger partial charge in [-0.3, -0.25) is 9.59 Å². The van der Waals surface area contributed by atoms with Gasteiger partial charge in [-0.2, -0.15) is 0 Å². The van der Waals surface area contributed by atoms with Crippen LogP contribution in [-0.4, -0.2) is 55.0 Å². The number of pyridine rings is 1. The van der Waals surface area contributed by atoms with Crippen LogP contribution in [0.3, 0.4) is 0 Å². The van der Waals surface area contributed by atoms with E-state index in [9.17, 15) is 14.4 Å². The number of para-hydroxylation sites is 1. The molecular formula is C29H29N3O5S. The molecular weight excluding hydrogens is 502 g/mol. The lowest BCUT2D eigenvalue weighted by Gasteiger charge is -2.11. The summed E-state index contributed by atoms with van der Waals surface area (Å²) in [6.45, 7) is 6.04. The maximum absolute atomic E-state index is 13.7. The maximum atomic E-state index is 13.7. The largest absolute Gasteiger partial charge is 0.494 e. The number of anilines is 1. The monoisotopic (exact) mass is 531 g/mol. The zero-order valence-corrected chi connectivity index (χ0v) is 22.8. The number of thiophene rings is 1. The summed E-state index contributed by atoms with van der Waals surface area (Å²) in [5.41, 5.74) is 3.14. The molecule has 8 nitrogen and oxygen atoms in total. The fourth-order valence-electron chi connectivity index (χ4n) is 4.03. The number of nitrogens with zero attached hydrogens (tertiary/aromatic N) is 2. The highest BCUT2D eigenvalue weighted by Crippen LogP contribution is 2.35. The molecule has 9 heteroatoms. The van der Waals surface area contributed by atoms with Gasteiger partial charge < -0.3 is 19.7 Å². The molecule has 196 valence electrons. The van der Waals surface area contributed by atoms with E-state index in [1.165, 1.54) is 4.90 Å². The molecule has 0 unspecified atom stereocenters. The zero-order valence-electron chi connectivity index (χ0n) is 22.0. The summed E-state index contributed by atoms with van der Waals surface area (Å²) in [6, 6.07) is 16.6. The van der Waals surface area contributed by atoms with E-state index in [-0.39, 0.29) is 23.1 Å². The molecule has 0 saturated heterocycles. The van der Waals surface area contributed by atoms with E-state index in [1.54, 1.807) is 34.0 Å². The fraction of sp³-hybridized carbons (Fsp3) is 0.241. The molecule has 4 rings (SSSR count). The number of benzene rings is 2. The van der Waals surface area contributed by atoms with Crippen LogP contribution in [0.2, 0.25) is 0 Å². The Morgan fingerprint density at radius 2 is 1.71 bits per heavy atom. The van der Waals surface area contributed by atoms with Crippen LogP contribution in [0.5, 0.6) is 5.75 Å². The second-order valence-corrected chi connectivity index (χ2v) is 9.68. The standard InChI is InChI=1S/C29H29N3O5S/c1-6-36-19-14-12-18(13-15-19)23-16-21(20-10-8-9-11-22(20)30-23)26(33)31-27-24(29(35)37-7-2)17(3)25(38-27)28(34)32(4)5/h8-16H,6-7H2,1-5H3,(H,31,33). The van der Waals surface area contributed by atoms with Crippen molar-refractivity contribution in [2.75, 3.05) is 32.6 Å². The molecule has 1 N–H and O–H groups in total. The van der Waals surface area contributed by atoms with Gasteiger partial charge >= 0.3 is 5.97 Å². The van der Waals surface area contributed by atoms with Gasteiger partial charge in [-0.1, -0.05) is 18.2 Å². The Hall–Kier alpha value is -4.24. The van der Waals surface area contributed by atoms with Crippen LogP contribution in [0.4, 0.5) is 5.00 Å². The second-order valence-electron chi connectivity index (χ2n) is 8.66. The lowest BCUT2D eigenvalue weighted by atomic mass is 10.0. The molecule has 0 atom stereocenters. The van der Waals surface area contributed by atoms with Crippen molar-refractivity contribution in [1.29, 1.82) is 0 Å². The second kappa shape index (κ2) is 11.4. The van der Waals surface area contributed by atoms with Gasteiger partial charge in [-0.05, 0) is 62.7 Å². The topological polar surface area (TPSA) is 97.8 Å². The van der Waals surface area contributed by atoms with Crippen molar-refractivity contribution < 1.29 is 23.9 Å². The molecule has 0 aliphatic rings. The Kier molecular flexibility index (Phi) is 8.07. The average molecular weight is 532 g/mol. The molecule has 38 heavy (non-hydrogen) atoms. The number of amides is 2. The third-order valence-electron chi connectivity index (χ3n) is 5.88. The summed E-state index contributed by atoms with van der Waals surface area (Å²) in [5.74, 6) is -0.529. The molecule has 0 bridgehead atoms. The zero-order chi connectivity index (χ0) is 27.4. The van der Waals surface area contributed by atoms with Crippen LogP contribution in [0.25, 0.3) is 22.2 Å². The number of carbonyl (C=O) groups is 3. The average Bonchev–Trinajstić information content (AvgIpc) is 3.23. The maximum Gasteiger partial charge on any atom is 0.341 e. The van der Waals surface area contributed by atoms with Gasteiger partial charge in [0.1, 0.15) is 10.8 Å². The molecule has 0 saturated carbocycles. The fourth-order valence-corrected chi connectivity index (χ4v) is 5.24. The first kappa shape index (κ1) is 26.8. The molecule has 2 aromatic heterocycles. The lowest BCUT2D eigenvalue weighted by molar-refractivity contribution is 0.0527. The van der Waals surface area contributed by atoms with Gasteiger partial charge in [-0.25, -0.2) is 9.78 Å². The quantitative estimate of drug-likeness (QED) is 0.289. The predicted octanol–water partition coefficient (Wildman–Crippen LogP) is 5.80. The number of ether oxygens (including phenoxy) is 2. The number of nitrogens with one attached hydrogen (secondary N) is 1. The van der Waals surface area contributed by atoms with E-state index in [4.69, 9.17) is 14.5 Å². The first-order valence-electron chi connectivity index (χ1n) is 12.2. The van der Waals surface area contributed by atoms with Crippen LogP contribution in [0, 0.1) is 6.92 Å². The minimum absolute atomic E-state index is 0.166. The molecule has 0 fully saturated rings. The van der Waals surface area contributed by atoms with Crippen LogP contribution in [-0.2, 0) is 4.74 Å². The van der Waals surface area contributed by atoms with E-state index >= 15 is 0 Å². The van der Waals surface area contributed by atoms with Crippen molar-refractivity contribution in [3.8, 4) is 17.0 Å². The minimum atomic E-state index is -0.594. The first-order valence-corrected chi connectivity index (χ1v) is 13.0.